The number of nitrogens with one attached hydrogen (secondary N) is 1. The van der Waals surface area contributed by atoms with E-state index in [0.717, 1.165) is 23.1 Å². The molecule has 33 heavy (non-hydrogen) atoms. The number of carbonyl (C=O) groups excluding carboxylic acids is 1. The molecule has 1 fully saturated rings. The van der Waals surface area contributed by atoms with Crippen LogP contribution in [0.5, 0.6) is 5.75 Å². The van der Waals surface area contributed by atoms with Gasteiger partial charge in [-0.1, -0.05) is 41.9 Å². The van der Waals surface area contributed by atoms with Crippen molar-refractivity contribution in [1.29, 1.82) is 0 Å². The summed E-state index contributed by atoms with van der Waals surface area (Å²) in [6.07, 6.45) is -1.17. The molecule has 0 aliphatic carbocycles. The summed E-state index contributed by atoms with van der Waals surface area (Å²) in [5.41, 5.74) is -0.450. The second-order valence-electron chi connectivity index (χ2n) is 7.40. The summed E-state index contributed by atoms with van der Waals surface area (Å²) in [5.74, 6) is -3.64. The molecule has 6 nitrogen and oxygen atoms in total. The molecule has 11 heteroatoms. The van der Waals surface area contributed by atoms with Crippen LogP contribution in [0.25, 0.3) is 11.1 Å². The number of phenols is 1. The minimum Gasteiger partial charge on any atom is -0.505 e. The number of hydrogen-bond acceptors (Lipinski definition) is 4. The van der Waals surface area contributed by atoms with Crippen LogP contribution in [-0.4, -0.2) is 43.6 Å². The van der Waals surface area contributed by atoms with E-state index in [1.165, 1.54) is 0 Å². The standard InChI is InChI=1S/C22H16ClF3N2O4S/c23-16-6-13(22(30)28-10-14(24)11-28)7-20(21(16)29)33(31,32)27-19-8-15(17(25)9-18(19)26)12-4-2-1-3-5-12/h1-9,14,27,29H,10-11H2. The number of hydrogen-bond donors (Lipinski definition) is 2. The summed E-state index contributed by atoms with van der Waals surface area (Å²) in [6.45, 7) is -0.304. The van der Waals surface area contributed by atoms with E-state index in [1.807, 2.05) is 4.72 Å². The van der Waals surface area contributed by atoms with Crippen LogP contribution in [0.3, 0.4) is 0 Å². The average molecular weight is 497 g/mol. The molecule has 0 spiro atoms. The van der Waals surface area contributed by atoms with Crippen molar-refractivity contribution in [3.63, 3.8) is 0 Å². The van der Waals surface area contributed by atoms with Crippen LogP contribution in [0, 0.1) is 11.6 Å². The first kappa shape index (κ1) is 22.9. The van der Waals surface area contributed by atoms with E-state index in [-0.39, 0.29) is 24.2 Å². The van der Waals surface area contributed by atoms with Gasteiger partial charge in [0.25, 0.3) is 15.9 Å². The maximum Gasteiger partial charge on any atom is 0.265 e. The zero-order chi connectivity index (χ0) is 23.9. The Morgan fingerprint density at radius 1 is 1.06 bits per heavy atom. The topological polar surface area (TPSA) is 86.7 Å². The van der Waals surface area contributed by atoms with Gasteiger partial charge in [-0.2, -0.15) is 0 Å². The first-order valence-electron chi connectivity index (χ1n) is 9.60. The molecular formula is C22H16ClF3N2O4S. The Kier molecular flexibility index (Phi) is 5.98. The molecule has 3 aromatic carbocycles. The van der Waals surface area contributed by atoms with Gasteiger partial charge in [0.05, 0.1) is 23.8 Å². The minimum atomic E-state index is -4.67. The number of aromatic hydroxyl groups is 1. The highest BCUT2D eigenvalue weighted by Crippen LogP contribution is 2.35. The second kappa shape index (κ2) is 8.60. The average Bonchev–Trinajstić information content (AvgIpc) is 2.75. The molecule has 1 aliphatic heterocycles. The lowest BCUT2D eigenvalue weighted by atomic mass is 10.0. The smallest absolute Gasteiger partial charge is 0.265 e. The second-order valence-corrected chi connectivity index (χ2v) is 9.45. The van der Waals surface area contributed by atoms with Gasteiger partial charge in [0.1, 0.15) is 22.7 Å². The maximum atomic E-state index is 14.4. The summed E-state index contributed by atoms with van der Waals surface area (Å²) in [6, 6.07) is 11.5. The molecule has 0 unspecified atom stereocenters. The fourth-order valence-electron chi connectivity index (χ4n) is 3.34. The number of amides is 1. The SMILES string of the molecule is O=C(c1cc(Cl)c(O)c(S(=O)(=O)Nc2cc(-c3ccccc3)c(F)cc2F)c1)N1CC(F)C1. The highest BCUT2D eigenvalue weighted by molar-refractivity contribution is 7.92. The third-order valence-corrected chi connectivity index (χ3v) is 6.74. The van der Waals surface area contributed by atoms with Gasteiger partial charge in [-0.25, -0.2) is 21.6 Å². The molecule has 0 bridgehead atoms. The van der Waals surface area contributed by atoms with Crippen molar-refractivity contribution in [3.8, 4) is 16.9 Å². The predicted molar refractivity (Wildman–Crippen MR) is 117 cm³/mol. The number of rotatable bonds is 5. The van der Waals surface area contributed by atoms with Crippen LogP contribution in [0.15, 0.2) is 59.5 Å². The van der Waals surface area contributed by atoms with Crippen LogP contribution in [0.2, 0.25) is 5.02 Å². The van der Waals surface area contributed by atoms with Crippen LogP contribution >= 0.6 is 11.6 Å². The molecular weight excluding hydrogens is 481 g/mol. The molecule has 0 atom stereocenters. The van der Waals surface area contributed by atoms with Gasteiger partial charge in [-0.15, -0.1) is 0 Å². The third kappa shape index (κ3) is 4.49. The van der Waals surface area contributed by atoms with Crippen molar-refractivity contribution < 1.29 is 31.5 Å². The molecule has 0 saturated carbocycles. The van der Waals surface area contributed by atoms with Crippen LogP contribution in [0.4, 0.5) is 18.9 Å². The maximum absolute atomic E-state index is 14.4. The van der Waals surface area contributed by atoms with Crippen molar-refractivity contribution in [1.82, 2.24) is 4.90 Å². The van der Waals surface area contributed by atoms with E-state index in [1.54, 1.807) is 30.3 Å². The molecule has 1 amide bonds. The normalized spacial score (nSPS) is 14.1. The van der Waals surface area contributed by atoms with E-state index in [4.69, 9.17) is 11.6 Å². The van der Waals surface area contributed by atoms with E-state index < -0.39 is 55.1 Å². The molecule has 1 saturated heterocycles. The number of benzene rings is 3. The molecule has 0 aromatic heterocycles. The number of carbonyl (C=O) groups is 1. The van der Waals surface area contributed by atoms with Gasteiger partial charge < -0.3 is 10.0 Å². The Balaban J connectivity index is 1.72. The zero-order valence-electron chi connectivity index (χ0n) is 16.7. The fraction of sp³-hybridized carbons (Fsp3) is 0.136. The van der Waals surface area contributed by atoms with E-state index in [0.29, 0.717) is 11.6 Å². The molecule has 172 valence electrons. The largest absolute Gasteiger partial charge is 0.505 e. The Morgan fingerprint density at radius 2 is 1.73 bits per heavy atom. The highest BCUT2D eigenvalue weighted by atomic mass is 35.5. The Hall–Kier alpha value is -3.24. The fourth-order valence-corrected chi connectivity index (χ4v) is 4.82. The minimum absolute atomic E-state index is 0.0561. The molecule has 1 aliphatic rings. The number of halogens is 4. The lowest BCUT2D eigenvalue weighted by molar-refractivity contribution is 0.0400. The summed E-state index contributed by atoms with van der Waals surface area (Å²) >= 11 is 5.91. The quantitative estimate of drug-likeness (QED) is 0.541. The lowest BCUT2D eigenvalue weighted by Gasteiger charge is -2.34. The number of alkyl halides is 1. The predicted octanol–water partition coefficient (Wildman–Crippen LogP) is 4.59. The van der Waals surface area contributed by atoms with Crippen molar-refractivity contribution in [2.75, 3.05) is 17.8 Å². The molecule has 0 radical (unpaired) electrons. The van der Waals surface area contributed by atoms with E-state index >= 15 is 0 Å². The first-order valence-corrected chi connectivity index (χ1v) is 11.5. The number of sulfonamides is 1. The van der Waals surface area contributed by atoms with Crippen LogP contribution in [0.1, 0.15) is 10.4 Å². The van der Waals surface area contributed by atoms with Crippen LogP contribution < -0.4 is 4.72 Å². The van der Waals surface area contributed by atoms with Crippen molar-refractivity contribution in [2.45, 2.75) is 11.1 Å². The summed E-state index contributed by atoms with van der Waals surface area (Å²) < 4.78 is 69.7. The van der Waals surface area contributed by atoms with Gasteiger partial charge in [0, 0.05) is 17.2 Å². The number of likely N-dealkylation sites (tertiary alicyclic amines) is 1. The lowest BCUT2D eigenvalue weighted by Crippen LogP contribution is -2.51. The van der Waals surface area contributed by atoms with Gasteiger partial charge in [-0.3, -0.25) is 9.52 Å². The molecule has 4 rings (SSSR count). The Labute approximate surface area is 192 Å². The Morgan fingerprint density at radius 3 is 2.36 bits per heavy atom. The summed E-state index contributed by atoms with van der Waals surface area (Å²) in [5, 5.41) is 9.78. The monoisotopic (exact) mass is 496 g/mol. The van der Waals surface area contributed by atoms with Crippen molar-refractivity contribution >= 4 is 33.2 Å². The Bertz CT molecular complexity index is 1350. The van der Waals surface area contributed by atoms with Crippen molar-refractivity contribution in [2.24, 2.45) is 0 Å². The zero-order valence-corrected chi connectivity index (χ0v) is 18.3. The number of nitrogens with zero attached hydrogens (tertiary/aromatic N) is 1. The summed E-state index contributed by atoms with van der Waals surface area (Å²) in [7, 11) is -4.67. The van der Waals surface area contributed by atoms with Crippen molar-refractivity contribution in [3.05, 3.63) is 76.8 Å². The van der Waals surface area contributed by atoms with Gasteiger partial charge in [0.15, 0.2) is 5.75 Å². The van der Waals surface area contributed by atoms with Gasteiger partial charge >= 0.3 is 0 Å². The van der Waals surface area contributed by atoms with E-state index in [9.17, 15) is 31.5 Å². The van der Waals surface area contributed by atoms with Gasteiger partial charge in [-0.05, 0) is 23.8 Å². The van der Waals surface area contributed by atoms with E-state index in [2.05, 4.69) is 0 Å². The van der Waals surface area contributed by atoms with Gasteiger partial charge in [0.2, 0.25) is 0 Å². The molecule has 3 aromatic rings. The first-order chi connectivity index (χ1) is 15.6. The molecule has 1 heterocycles. The molecule has 2 N–H and O–H groups in total. The third-order valence-electron chi connectivity index (χ3n) is 5.07. The van der Waals surface area contributed by atoms with Crippen LogP contribution in [-0.2, 0) is 10.0 Å². The number of phenolic OH excluding ortho intramolecular Hbond substituents is 1. The highest BCUT2D eigenvalue weighted by Gasteiger charge is 2.33. The summed E-state index contributed by atoms with van der Waals surface area (Å²) in [4.78, 5) is 12.8. The number of anilines is 1.